The Bertz CT molecular complexity index is 481. The van der Waals surface area contributed by atoms with E-state index in [0.717, 1.165) is 19.4 Å². The van der Waals surface area contributed by atoms with Gasteiger partial charge >= 0.3 is 0 Å². The molecule has 4 nitrogen and oxygen atoms in total. The third-order valence-corrected chi connectivity index (χ3v) is 3.87. The second-order valence-corrected chi connectivity index (χ2v) is 5.60. The van der Waals surface area contributed by atoms with Gasteiger partial charge in [-0.3, -0.25) is 4.79 Å². The van der Waals surface area contributed by atoms with Gasteiger partial charge in [-0.05, 0) is 38.3 Å². The highest BCUT2D eigenvalue weighted by molar-refractivity contribution is 5.76. The van der Waals surface area contributed by atoms with Crippen LogP contribution >= 0.6 is 0 Å². The Hall–Kier alpha value is -1.62. The first-order valence-electron chi connectivity index (χ1n) is 7.50. The normalized spacial score (nSPS) is 22.1. The summed E-state index contributed by atoms with van der Waals surface area (Å²) in [5.41, 5.74) is 5.89. The van der Waals surface area contributed by atoms with Crippen molar-refractivity contribution in [2.75, 3.05) is 13.2 Å². The minimum absolute atomic E-state index is 0.131. The third-order valence-electron chi connectivity index (χ3n) is 3.87. The number of rotatable bonds is 5. The Kier molecular flexibility index (Phi) is 5.56. The zero-order valence-electron chi connectivity index (χ0n) is 12.4. The van der Waals surface area contributed by atoms with E-state index in [-0.39, 0.29) is 29.6 Å². The largest absolute Gasteiger partial charge is 0.491 e. The maximum atomic E-state index is 13.3. The molecule has 0 aliphatic carbocycles. The van der Waals surface area contributed by atoms with Crippen molar-refractivity contribution in [1.29, 1.82) is 0 Å². The molecule has 21 heavy (non-hydrogen) atoms. The van der Waals surface area contributed by atoms with Crippen molar-refractivity contribution >= 4 is 5.91 Å². The summed E-state index contributed by atoms with van der Waals surface area (Å²) >= 11 is 0. The van der Waals surface area contributed by atoms with Gasteiger partial charge in [0.25, 0.3) is 0 Å². The lowest BCUT2D eigenvalue weighted by atomic mass is 9.98. The number of nitrogens with two attached hydrogens (primary N) is 1. The van der Waals surface area contributed by atoms with Gasteiger partial charge < -0.3 is 15.4 Å². The Labute approximate surface area is 125 Å². The first kappa shape index (κ1) is 15.8. The summed E-state index contributed by atoms with van der Waals surface area (Å²) in [7, 11) is 0. The minimum atomic E-state index is -0.373. The summed E-state index contributed by atoms with van der Waals surface area (Å²) in [5, 5.41) is 0. The van der Waals surface area contributed by atoms with Gasteiger partial charge in [-0.15, -0.1) is 0 Å². The molecule has 1 fully saturated rings. The molecule has 1 saturated heterocycles. The number of amides is 1. The molecule has 1 aromatic rings. The van der Waals surface area contributed by atoms with Crippen molar-refractivity contribution in [3.63, 3.8) is 0 Å². The third kappa shape index (κ3) is 4.43. The minimum Gasteiger partial charge on any atom is -0.491 e. The number of para-hydroxylation sites is 1. The zero-order valence-corrected chi connectivity index (χ0v) is 12.4. The molecule has 2 atom stereocenters. The van der Waals surface area contributed by atoms with Crippen LogP contribution in [0.3, 0.4) is 0 Å². The number of nitrogens with zero attached hydrogens (tertiary/aromatic N) is 1. The van der Waals surface area contributed by atoms with Crippen molar-refractivity contribution in [3.05, 3.63) is 30.1 Å². The van der Waals surface area contributed by atoms with E-state index in [2.05, 4.69) is 0 Å². The summed E-state index contributed by atoms with van der Waals surface area (Å²) in [5.74, 6) is -0.00346. The van der Waals surface area contributed by atoms with Crippen LogP contribution in [0.1, 0.15) is 32.6 Å². The van der Waals surface area contributed by atoms with Crippen molar-refractivity contribution < 1.29 is 13.9 Å². The van der Waals surface area contributed by atoms with Gasteiger partial charge in [-0.25, -0.2) is 4.39 Å². The van der Waals surface area contributed by atoms with E-state index in [0.29, 0.717) is 19.4 Å². The van der Waals surface area contributed by atoms with Crippen molar-refractivity contribution in [3.8, 4) is 5.75 Å². The lowest BCUT2D eigenvalue weighted by molar-refractivity contribution is -0.134. The molecule has 116 valence electrons. The Balaban J connectivity index is 1.71. The molecular formula is C16H23FN2O2. The van der Waals surface area contributed by atoms with Gasteiger partial charge in [0.1, 0.15) is 0 Å². The van der Waals surface area contributed by atoms with Crippen LogP contribution in [0.25, 0.3) is 0 Å². The summed E-state index contributed by atoms with van der Waals surface area (Å²) in [6, 6.07) is 6.70. The smallest absolute Gasteiger partial charge is 0.222 e. The maximum absolute atomic E-state index is 13.3. The first-order valence-corrected chi connectivity index (χ1v) is 7.50. The topological polar surface area (TPSA) is 55.6 Å². The molecule has 1 aliphatic heterocycles. The average Bonchev–Trinajstić information content (AvgIpc) is 2.45. The van der Waals surface area contributed by atoms with Crippen molar-refractivity contribution in [2.45, 2.75) is 44.7 Å². The molecule has 5 heteroatoms. The summed E-state index contributed by atoms with van der Waals surface area (Å²) in [4.78, 5) is 14.0. The van der Waals surface area contributed by atoms with E-state index in [4.69, 9.17) is 10.5 Å². The maximum Gasteiger partial charge on any atom is 0.222 e. The van der Waals surface area contributed by atoms with Crippen LogP contribution in [0.4, 0.5) is 4.39 Å². The molecule has 2 N–H and O–H groups in total. The molecule has 0 saturated carbocycles. The molecule has 0 unspecified atom stereocenters. The molecule has 1 aliphatic rings. The SMILES string of the molecule is C[C@@H]1C[C@H](N)CCN1C(=O)CCCOc1ccccc1F. The van der Waals surface area contributed by atoms with Crippen LogP contribution in [0.5, 0.6) is 5.75 Å². The van der Waals surface area contributed by atoms with Crippen LogP contribution in [0.2, 0.25) is 0 Å². The van der Waals surface area contributed by atoms with Gasteiger partial charge in [0.05, 0.1) is 6.61 Å². The fourth-order valence-electron chi connectivity index (χ4n) is 2.69. The number of hydrogen-bond donors (Lipinski definition) is 1. The van der Waals surface area contributed by atoms with Crippen molar-refractivity contribution in [2.24, 2.45) is 5.73 Å². The molecule has 1 aromatic carbocycles. The van der Waals surface area contributed by atoms with E-state index >= 15 is 0 Å². The predicted octanol–water partition coefficient (Wildman–Crippen LogP) is 2.32. The molecule has 0 radical (unpaired) electrons. The molecule has 2 rings (SSSR count). The number of hydrogen-bond acceptors (Lipinski definition) is 3. The molecule has 1 amide bonds. The number of carbonyl (C=O) groups excluding carboxylic acids is 1. The number of benzene rings is 1. The Morgan fingerprint density at radius 3 is 2.95 bits per heavy atom. The van der Waals surface area contributed by atoms with Gasteiger partial charge in [-0.1, -0.05) is 12.1 Å². The number of ether oxygens (including phenoxy) is 1. The molecule has 0 aromatic heterocycles. The summed E-state index contributed by atoms with van der Waals surface area (Å²) in [6.45, 7) is 3.11. The number of halogens is 1. The fraction of sp³-hybridized carbons (Fsp3) is 0.562. The predicted molar refractivity (Wildman–Crippen MR) is 79.5 cm³/mol. The first-order chi connectivity index (χ1) is 10.1. The summed E-state index contributed by atoms with van der Waals surface area (Å²) in [6.07, 6.45) is 2.73. The highest BCUT2D eigenvalue weighted by Gasteiger charge is 2.26. The monoisotopic (exact) mass is 294 g/mol. The second kappa shape index (κ2) is 7.41. The molecule has 1 heterocycles. The second-order valence-electron chi connectivity index (χ2n) is 5.60. The average molecular weight is 294 g/mol. The molecule has 0 bridgehead atoms. The molecule has 0 spiro atoms. The Morgan fingerprint density at radius 1 is 1.48 bits per heavy atom. The molecular weight excluding hydrogens is 271 g/mol. The Morgan fingerprint density at radius 2 is 2.24 bits per heavy atom. The quantitative estimate of drug-likeness (QED) is 0.848. The van der Waals surface area contributed by atoms with E-state index in [1.807, 2.05) is 11.8 Å². The standard InChI is InChI=1S/C16H23FN2O2/c1-12-11-13(18)8-9-19(12)16(20)7-4-10-21-15-6-3-2-5-14(15)17/h2-3,5-6,12-13H,4,7-11,18H2,1H3/t12-,13-/m1/s1. The van der Waals surface area contributed by atoms with Crippen LogP contribution < -0.4 is 10.5 Å². The van der Waals surface area contributed by atoms with Gasteiger partial charge in [-0.2, -0.15) is 0 Å². The van der Waals surface area contributed by atoms with Crippen LogP contribution in [-0.4, -0.2) is 36.0 Å². The highest BCUT2D eigenvalue weighted by atomic mass is 19.1. The van der Waals surface area contributed by atoms with E-state index < -0.39 is 0 Å². The van der Waals surface area contributed by atoms with Crippen LogP contribution in [-0.2, 0) is 4.79 Å². The van der Waals surface area contributed by atoms with Crippen LogP contribution in [0.15, 0.2) is 24.3 Å². The van der Waals surface area contributed by atoms with Gasteiger partial charge in [0.15, 0.2) is 11.6 Å². The number of carbonyl (C=O) groups is 1. The highest BCUT2D eigenvalue weighted by Crippen LogP contribution is 2.18. The number of piperidine rings is 1. The zero-order chi connectivity index (χ0) is 15.2. The lowest BCUT2D eigenvalue weighted by Gasteiger charge is -2.36. The van der Waals surface area contributed by atoms with Crippen LogP contribution in [0, 0.1) is 5.82 Å². The van der Waals surface area contributed by atoms with Gasteiger partial charge in [0.2, 0.25) is 5.91 Å². The van der Waals surface area contributed by atoms with E-state index in [1.54, 1.807) is 18.2 Å². The van der Waals surface area contributed by atoms with Crippen molar-refractivity contribution in [1.82, 2.24) is 4.90 Å². The lowest BCUT2D eigenvalue weighted by Crippen LogP contribution is -2.48. The van der Waals surface area contributed by atoms with Gasteiger partial charge in [0, 0.05) is 25.0 Å². The van der Waals surface area contributed by atoms with E-state index in [1.165, 1.54) is 6.07 Å². The fourth-order valence-corrected chi connectivity index (χ4v) is 2.69. The van der Waals surface area contributed by atoms with E-state index in [9.17, 15) is 9.18 Å². The summed E-state index contributed by atoms with van der Waals surface area (Å²) < 4.78 is 18.7. The number of likely N-dealkylation sites (tertiary alicyclic amines) is 1.